The van der Waals surface area contributed by atoms with Crippen molar-refractivity contribution in [1.29, 1.82) is 0 Å². The van der Waals surface area contributed by atoms with Gasteiger partial charge in [0, 0.05) is 6.54 Å². The lowest BCUT2D eigenvalue weighted by Crippen LogP contribution is -2.48. The van der Waals surface area contributed by atoms with E-state index in [2.05, 4.69) is 5.32 Å². The zero-order chi connectivity index (χ0) is 22.2. The molecule has 162 valence electrons. The largest absolute Gasteiger partial charge is 0.460 e. The van der Waals surface area contributed by atoms with Crippen LogP contribution < -0.4 is 5.32 Å². The SMILES string of the molecule is CC(C)(C)OC(=O)[C@H](Cc1ccccc1)NCC(C)(C)C(=O)OCc1ccccc1. The normalized spacial score (nSPS) is 12.8. The molecule has 5 heteroatoms. The van der Waals surface area contributed by atoms with Crippen LogP contribution in [0.3, 0.4) is 0 Å². The van der Waals surface area contributed by atoms with Gasteiger partial charge in [0.05, 0.1) is 5.41 Å². The van der Waals surface area contributed by atoms with Crippen molar-refractivity contribution in [3.8, 4) is 0 Å². The molecule has 5 nitrogen and oxygen atoms in total. The molecule has 0 aromatic heterocycles. The van der Waals surface area contributed by atoms with Crippen molar-refractivity contribution in [1.82, 2.24) is 5.32 Å². The van der Waals surface area contributed by atoms with E-state index in [1.807, 2.05) is 95.3 Å². The van der Waals surface area contributed by atoms with E-state index in [1.54, 1.807) is 0 Å². The minimum Gasteiger partial charge on any atom is -0.460 e. The summed E-state index contributed by atoms with van der Waals surface area (Å²) in [5.41, 5.74) is 0.569. The Balaban J connectivity index is 2.00. The van der Waals surface area contributed by atoms with Crippen molar-refractivity contribution >= 4 is 11.9 Å². The van der Waals surface area contributed by atoms with Crippen LogP contribution in [0.2, 0.25) is 0 Å². The molecule has 0 amide bonds. The summed E-state index contributed by atoms with van der Waals surface area (Å²) in [7, 11) is 0. The molecular formula is C25H33NO4. The van der Waals surface area contributed by atoms with Gasteiger partial charge in [-0.2, -0.15) is 0 Å². The molecule has 0 bridgehead atoms. The summed E-state index contributed by atoms with van der Waals surface area (Å²) in [5.74, 6) is -0.652. The van der Waals surface area contributed by atoms with Crippen LogP contribution in [-0.2, 0) is 32.1 Å². The van der Waals surface area contributed by atoms with Crippen molar-refractivity contribution in [2.75, 3.05) is 6.54 Å². The molecule has 2 rings (SSSR count). The molecule has 1 atom stereocenters. The van der Waals surface area contributed by atoms with Crippen molar-refractivity contribution in [3.63, 3.8) is 0 Å². The summed E-state index contributed by atoms with van der Waals surface area (Å²) in [5, 5.41) is 3.23. The summed E-state index contributed by atoms with van der Waals surface area (Å²) < 4.78 is 11.1. The first-order chi connectivity index (χ1) is 14.1. The zero-order valence-corrected chi connectivity index (χ0v) is 18.6. The number of carbonyl (C=O) groups is 2. The number of hydrogen-bond acceptors (Lipinski definition) is 5. The van der Waals surface area contributed by atoms with Gasteiger partial charge in [0.2, 0.25) is 0 Å². The Labute approximate surface area is 179 Å². The summed E-state index contributed by atoms with van der Waals surface area (Å²) in [4.78, 5) is 25.4. The fourth-order valence-corrected chi connectivity index (χ4v) is 2.83. The smallest absolute Gasteiger partial charge is 0.323 e. The summed E-state index contributed by atoms with van der Waals surface area (Å²) in [6.45, 7) is 9.66. The van der Waals surface area contributed by atoms with E-state index in [-0.39, 0.29) is 25.1 Å². The van der Waals surface area contributed by atoms with E-state index >= 15 is 0 Å². The van der Waals surface area contributed by atoms with Crippen molar-refractivity contribution in [3.05, 3.63) is 71.8 Å². The molecule has 0 aliphatic carbocycles. The Hall–Kier alpha value is -2.66. The lowest BCUT2D eigenvalue weighted by atomic mass is 9.92. The highest BCUT2D eigenvalue weighted by Gasteiger charge is 2.33. The van der Waals surface area contributed by atoms with Crippen molar-refractivity contribution in [2.45, 2.75) is 59.3 Å². The molecule has 0 aliphatic rings. The highest BCUT2D eigenvalue weighted by atomic mass is 16.6. The Morgan fingerprint density at radius 1 is 0.867 bits per heavy atom. The molecule has 1 N–H and O–H groups in total. The number of carbonyl (C=O) groups excluding carboxylic acids is 2. The number of esters is 2. The first-order valence-electron chi connectivity index (χ1n) is 10.3. The number of rotatable bonds is 9. The maximum Gasteiger partial charge on any atom is 0.323 e. The van der Waals surface area contributed by atoms with E-state index in [1.165, 1.54) is 0 Å². The molecule has 0 saturated carbocycles. The van der Waals surface area contributed by atoms with Gasteiger partial charge in [0.25, 0.3) is 0 Å². The maximum absolute atomic E-state index is 12.8. The molecule has 0 spiro atoms. The summed E-state index contributed by atoms with van der Waals surface area (Å²) >= 11 is 0. The topological polar surface area (TPSA) is 64.6 Å². The van der Waals surface area contributed by atoms with Crippen LogP contribution >= 0.6 is 0 Å². The third-order valence-electron chi connectivity index (χ3n) is 4.53. The van der Waals surface area contributed by atoms with Gasteiger partial charge in [0.15, 0.2) is 0 Å². The Morgan fingerprint density at radius 3 is 1.93 bits per heavy atom. The van der Waals surface area contributed by atoms with Crippen molar-refractivity contribution in [2.24, 2.45) is 5.41 Å². The third-order valence-corrected chi connectivity index (χ3v) is 4.53. The molecule has 0 radical (unpaired) electrons. The zero-order valence-electron chi connectivity index (χ0n) is 18.6. The standard InChI is InChI=1S/C25H33NO4/c1-24(2,3)30-22(27)21(16-19-12-8-6-9-13-19)26-18-25(4,5)23(28)29-17-20-14-10-7-11-15-20/h6-15,21,26H,16-18H2,1-5H3/t21-/m0/s1. The van der Waals surface area contributed by atoms with E-state index < -0.39 is 17.1 Å². The lowest BCUT2D eigenvalue weighted by molar-refractivity contribution is -0.159. The highest BCUT2D eigenvalue weighted by molar-refractivity contribution is 5.78. The second-order valence-corrected chi connectivity index (χ2v) is 9.10. The van der Waals surface area contributed by atoms with E-state index in [0.717, 1.165) is 11.1 Å². The fourth-order valence-electron chi connectivity index (χ4n) is 2.83. The predicted octanol–water partition coefficient (Wildman–Crippen LogP) is 4.30. The minimum absolute atomic E-state index is 0.225. The second kappa shape index (κ2) is 10.4. The lowest BCUT2D eigenvalue weighted by Gasteiger charge is -2.28. The first-order valence-corrected chi connectivity index (χ1v) is 10.3. The monoisotopic (exact) mass is 411 g/mol. The van der Waals surface area contributed by atoms with Gasteiger partial charge in [-0.3, -0.25) is 9.59 Å². The molecule has 0 aliphatic heterocycles. The maximum atomic E-state index is 12.8. The quantitative estimate of drug-likeness (QED) is 0.624. The Bertz CT molecular complexity index is 810. The van der Waals surface area contributed by atoms with Crippen LogP contribution in [-0.4, -0.2) is 30.1 Å². The molecule has 0 heterocycles. The molecule has 0 fully saturated rings. The number of ether oxygens (including phenoxy) is 2. The molecule has 0 unspecified atom stereocenters. The third kappa shape index (κ3) is 7.99. The van der Waals surface area contributed by atoms with Gasteiger partial charge < -0.3 is 14.8 Å². The van der Waals surface area contributed by atoms with Crippen LogP contribution in [0.4, 0.5) is 0 Å². The molecule has 2 aromatic carbocycles. The number of nitrogens with one attached hydrogen (secondary N) is 1. The van der Waals surface area contributed by atoms with Crippen molar-refractivity contribution < 1.29 is 19.1 Å². The van der Waals surface area contributed by atoms with Gasteiger partial charge in [-0.05, 0) is 52.2 Å². The molecule has 2 aromatic rings. The van der Waals surface area contributed by atoms with E-state index in [4.69, 9.17) is 9.47 Å². The predicted molar refractivity (Wildman–Crippen MR) is 118 cm³/mol. The molecule has 30 heavy (non-hydrogen) atoms. The summed E-state index contributed by atoms with van der Waals surface area (Å²) in [6.07, 6.45) is 0.477. The molecule has 0 saturated heterocycles. The van der Waals surface area contributed by atoms with Crippen LogP contribution in [0.1, 0.15) is 45.7 Å². The van der Waals surface area contributed by atoms with Gasteiger partial charge in [-0.1, -0.05) is 60.7 Å². The van der Waals surface area contributed by atoms with Gasteiger partial charge in [-0.15, -0.1) is 0 Å². The van der Waals surface area contributed by atoms with Crippen LogP contribution in [0.5, 0.6) is 0 Å². The fraction of sp³-hybridized carbons (Fsp3) is 0.440. The molecular weight excluding hydrogens is 378 g/mol. The first kappa shape index (κ1) is 23.6. The minimum atomic E-state index is -0.800. The van der Waals surface area contributed by atoms with E-state index in [9.17, 15) is 9.59 Å². The van der Waals surface area contributed by atoms with Gasteiger partial charge in [-0.25, -0.2) is 0 Å². The second-order valence-electron chi connectivity index (χ2n) is 9.10. The van der Waals surface area contributed by atoms with Gasteiger partial charge in [0.1, 0.15) is 18.2 Å². The van der Waals surface area contributed by atoms with Crippen LogP contribution in [0.15, 0.2) is 60.7 Å². The van der Waals surface area contributed by atoms with Crippen LogP contribution in [0, 0.1) is 5.41 Å². The van der Waals surface area contributed by atoms with Crippen LogP contribution in [0.25, 0.3) is 0 Å². The number of hydrogen-bond donors (Lipinski definition) is 1. The Kier molecular flexibility index (Phi) is 8.18. The highest BCUT2D eigenvalue weighted by Crippen LogP contribution is 2.19. The number of benzene rings is 2. The Morgan fingerprint density at radius 2 is 1.40 bits per heavy atom. The average Bonchev–Trinajstić information content (AvgIpc) is 2.69. The average molecular weight is 412 g/mol. The van der Waals surface area contributed by atoms with E-state index in [0.29, 0.717) is 6.42 Å². The summed E-state index contributed by atoms with van der Waals surface area (Å²) in [6, 6.07) is 18.8. The van der Waals surface area contributed by atoms with Gasteiger partial charge >= 0.3 is 11.9 Å².